The van der Waals surface area contributed by atoms with E-state index in [0.717, 1.165) is 19.3 Å². The number of likely N-dealkylation sites (tertiary alicyclic amines) is 2. The summed E-state index contributed by atoms with van der Waals surface area (Å²) >= 11 is 0. The summed E-state index contributed by atoms with van der Waals surface area (Å²) in [5.41, 5.74) is 0. The summed E-state index contributed by atoms with van der Waals surface area (Å²) in [7, 11) is 1.32. The number of fused-ring (bicyclic) bond motifs is 1. The molecule has 1 aliphatic carbocycles. The molecule has 0 bridgehead atoms. The molecule has 0 spiro atoms. The first-order valence-electron chi connectivity index (χ1n) is 11.4. The van der Waals surface area contributed by atoms with Crippen molar-refractivity contribution in [2.75, 3.05) is 40.0 Å². The van der Waals surface area contributed by atoms with Crippen molar-refractivity contribution >= 4 is 18.0 Å². The fourth-order valence-electron chi connectivity index (χ4n) is 5.54. The average molecular weight is 443 g/mol. The Morgan fingerprint density at radius 1 is 0.903 bits per heavy atom. The molecule has 3 rings (SSSR count). The number of carbonyl (C=O) groups is 3. The van der Waals surface area contributed by atoms with Crippen LogP contribution in [0.3, 0.4) is 0 Å². The first-order chi connectivity index (χ1) is 14.9. The molecular weight excluding hydrogens is 407 g/mol. The molecule has 176 valence electrons. The molecule has 2 heterocycles. The van der Waals surface area contributed by atoms with Crippen LogP contribution in [0.1, 0.15) is 46.0 Å². The van der Waals surface area contributed by atoms with E-state index in [1.165, 1.54) is 12.0 Å². The predicted octanol–water partition coefficient (Wildman–Crippen LogP) is 2.40. The zero-order valence-electron chi connectivity index (χ0n) is 18.8. The topological polar surface area (TPSA) is 85.4 Å². The number of esters is 2. The van der Waals surface area contributed by atoms with Gasteiger partial charge in [0.05, 0.1) is 26.2 Å². The molecule has 1 saturated carbocycles. The lowest BCUT2D eigenvalue weighted by molar-refractivity contribution is -0.154. The number of amides is 1. The van der Waals surface area contributed by atoms with Gasteiger partial charge in [0.2, 0.25) is 0 Å². The Morgan fingerprint density at radius 2 is 1.61 bits per heavy atom. The van der Waals surface area contributed by atoms with Gasteiger partial charge in [0.15, 0.2) is 0 Å². The van der Waals surface area contributed by atoms with Gasteiger partial charge in [-0.25, -0.2) is 14.0 Å². The molecule has 2 aliphatic heterocycles. The van der Waals surface area contributed by atoms with E-state index in [1.807, 2.05) is 0 Å². The number of hydrogen-bond donors (Lipinski definition) is 0. The van der Waals surface area contributed by atoms with Gasteiger partial charge in [0, 0.05) is 25.7 Å². The SMILES string of the molecule is CCOC(=O)C1CC2CC(N3C[C@@H](F)C[C@@H](C(=O)OCC)C3)CCC2CN1C(=O)OC. The van der Waals surface area contributed by atoms with Crippen molar-refractivity contribution in [2.45, 2.75) is 64.2 Å². The van der Waals surface area contributed by atoms with Crippen LogP contribution < -0.4 is 0 Å². The summed E-state index contributed by atoms with van der Waals surface area (Å²) < 4.78 is 29.7. The van der Waals surface area contributed by atoms with Crippen LogP contribution in [-0.4, -0.2) is 86.0 Å². The van der Waals surface area contributed by atoms with Crippen LogP contribution >= 0.6 is 0 Å². The second kappa shape index (κ2) is 10.6. The normalized spacial score (nSPS) is 33.9. The zero-order chi connectivity index (χ0) is 22.5. The monoisotopic (exact) mass is 442 g/mol. The highest BCUT2D eigenvalue weighted by atomic mass is 19.1. The molecule has 6 atom stereocenters. The number of carbonyl (C=O) groups excluding carboxylic acids is 3. The smallest absolute Gasteiger partial charge is 0.410 e. The third-order valence-corrected chi connectivity index (χ3v) is 6.98. The van der Waals surface area contributed by atoms with E-state index in [0.29, 0.717) is 32.7 Å². The molecular formula is C22H35FN2O6. The fraction of sp³-hybridized carbons (Fsp3) is 0.864. The number of piperidine rings is 2. The molecule has 8 nitrogen and oxygen atoms in total. The Hall–Kier alpha value is -1.90. The minimum atomic E-state index is -1.05. The van der Waals surface area contributed by atoms with Crippen molar-refractivity contribution in [3.8, 4) is 0 Å². The average Bonchev–Trinajstić information content (AvgIpc) is 2.77. The van der Waals surface area contributed by atoms with Crippen molar-refractivity contribution in [3.63, 3.8) is 0 Å². The number of halogens is 1. The van der Waals surface area contributed by atoms with Crippen LogP contribution in [0.5, 0.6) is 0 Å². The van der Waals surface area contributed by atoms with Crippen LogP contribution in [0.15, 0.2) is 0 Å². The Kier molecular flexibility index (Phi) is 8.13. The van der Waals surface area contributed by atoms with Gasteiger partial charge < -0.3 is 14.2 Å². The quantitative estimate of drug-likeness (QED) is 0.477. The van der Waals surface area contributed by atoms with E-state index >= 15 is 0 Å². The molecule has 2 saturated heterocycles. The molecule has 0 aromatic rings. The van der Waals surface area contributed by atoms with Crippen LogP contribution in [0.25, 0.3) is 0 Å². The molecule has 0 aromatic carbocycles. The first-order valence-corrected chi connectivity index (χ1v) is 11.4. The van der Waals surface area contributed by atoms with E-state index in [1.54, 1.807) is 13.8 Å². The Labute approximate surface area is 183 Å². The van der Waals surface area contributed by atoms with Gasteiger partial charge in [-0.15, -0.1) is 0 Å². The maximum atomic E-state index is 14.4. The largest absolute Gasteiger partial charge is 0.466 e. The van der Waals surface area contributed by atoms with Crippen LogP contribution in [0.4, 0.5) is 9.18 Å². The Bertz CT molecular complexity index is 662. The predicted molar refractivity (Wildman–Crippen MR) is 110 cm³/mol. The number of methoxy groups -OCH3 is 1. The van der Waals surface area contributed by atoms with Gasteiger partial charge >= 0.3 is 18.0 Å². The summed E-state index contributed by atoms with van der Waals surface area (Å²) in [5, 5.41) is 0. The molecule has 3 fully saturated rings. The molecule has 1 amide bonds. The van der Waals surface area contributed by atoms with Gasteiger partial charge in [-0.2, -0.15) is 0 Å². The molecule has 0 radical (unpaired) electrons. The van der Waals surface area contributed by atoms with Gasteiger partial charge in [0.1, 0.15) is 12.2 Å². The Morgan fingerprint density at radius 3 is 2.29 bits per heavy atom. The first kappa shape index (κ1) is 23.8. The summed E-state index contributed by atoms with van der Waals surface area (Å²) in [5.74, 6) is -0.659. The summed E-state index contributed by atoms with van der Waals surface area (Å²) in [6.45, 7) is 5.35. The van der Waals surface area contributed by atoms with E-state index in [2.05, 4.69) is 4.90 Å². The third kappa shape index (κ3) is 5.48. The molecule has 4 unspecified atom stereocenters. The summed E-state index contributed by atoms with van der Waals surface area (Å²) in [4.78, 5) is 40.6. The van der Waals surface area contributed by atoms with Gasteiger partial charge in [-0.1, -0.05) is 0 Å². The van der Waals surface area contributed by atoms with Crippen molar-refractivity contribution in [2.24, 2.45) is 17.8 Å². The molecule has 3 aliphatic rings. The second-order valence-electron chi connectivity index (χ2n) is 8.85. The lowest BCUT2D eigenvalue weighted by Crippen LogP contribution is -2.57. The van der Waals surface area contributed by atoms with Gasteiger partial charge in [-0.05, 0) is 57.8 Å². The maximum absolute atomic E-state index is 14.4. The highest BCUT2D eigenvalue weighted by Crippen LogP contribution is 2.41. The third-order valence-electron chi connectivity index (χ3n) is 6.98. The van der Waals surface area contributed by atoms with E-state index in [9.17, 15) is 18.8 Å². The van der Waals surface area contributed by atoms with Crippen molar-refractivity contribution in [1.82, 2.24) is 9.80 Å². The zero-order valence-corrected chi connectivity index (χ0v) is 18.8. The minimum Gasteiger partial charge on any atom is -0.466 e. The highest BCUT2D eigenvalue weighted by Gasteiger charge is 2.46. The van der Waals surface area contributed by atoms with Gasteiger partial charge in [0.25, 0.3) is 0 Å². The number of hydrogen-bond acceptors (Lipinski definition) is 7. The second-order valence-corrected chi connectivity index (χ2v) is 8.85. The number of rotatable bonds is 5. The van der Waals surface area contributed by atoms with E-state index in [-0.39, 0.29) is 36.9 Å². The number of alkyl halides is 1. The molecule has 0 aromatic heterocycles. The Balaban J connectivity index is 1.68. The van der Waals surface area contributed by atoms with Crippen LogP contribution in [0, 0.1) is 17.8 Å². The van der Waals surface area contributed by atoms with E-state index < -0.39 is 30.2 Å². The molecule has 9 heteroatoms. The lowest BCUT2D eigenvalue weighted by atomic mass is 9.70. The van der Waals surface area contributed by atoms with Crippen LogP contribution in [-0.2, 0) is 23.8 Å². The van der Waals surface area contributed by atoms with Crippen LogP contribution in [0.2, 0.25) is 0 Å². The summed E-state index contributed by atoms with van der Waals surface area (Å²) in [6.07, 6.45) is 1.76. The fourth-order valence-corrected chi connectivity index (χ4v) is 5.54. The lowest BCUT2D eigenvalue weighted by Gasteiger charge is -2.49. The highest BCUT2D eigenvalue weighted by molar-refractivity contribution is 5.81. The maximum Gasteiger partial charge on any atom is 0.410 e. The summed E-state index contributed by atoms with van der Waals surface area (Å²) in [6, 6.07) is -0.501. The number of nitrogens with zero attached hydrogens (tertiary/aromatic N) is 2. The van der Waals surface area contributed by atoms with Crippen molar-refractivity contribution in [3.05, 3.63) is 0 Å². The van der Waals surface area contributed by atoms with Crippen molar-refractivity contribution < 1.29 is 33.0 Å². The standard InChI is InChI=1S/C22H35FN2O6/c1-4-30-20(26)16-8-17(23)13-24(11-16)18-7-6-14-12-25(22(28)29-3)19(10-15(14)9-18)21(27)31-5-2/h14-19H,4-13H2,1-3H3/t14?,15?,16-,17+,18?,19?/m1/s1. The molecule has 0 N–H and O–H groups in total. The van der Waals surface area contributed by atoms with E-state index in [4.69, 9.17) is 14.2 Å². The number of ether oxygens (including phenoxy) is 3. The van der Waals surface area contributed by atoms with Crippen molar-refractivity contribution in [1.29, 1.82) is 0 Å². The molecule has 31 heavy (non-hydrogen) atoms. The van der Waals surface area contributed by atoms with Gasteiger partial charge in [-0.3, -0.25) is 14.6 Å². The minimum absolute atomic E-state index is 0.157.